The van der Waals surface area contributed by atoms with Gasteiger partial charge in [0.1, 0.15) is 0 Å². The second kappa shape index (κ2) is 4.66. The van der Waals surface area contributed by atoms with E-state index < -0.39 is 0 Å². The standard InChI is InChI=1S/C3H10B.Li/c1-4(2)3;/h4H,1-3H3;/q-1;+1. The normalized spacial score (nSPS) is 7.20. The second-order valence-electron chi connectivity index (χ2n) is 2.12. The van der Waals surface area contributed by atoms with E-state index in [1.165, 1.54) is 0 Å². The summed E-state index contributed by atoms with van der Waals surface area (Å²) >= 11 is 0. The first-order chi connectivity index (χ1) is 1.73. The molecule has 0 N–H and O–H groups in total. The Morgan fingerprint density at radius 3 is 1.00 bits per heavy atom. The van der Waals surface area contributed by atoms with Crippen LogP contribution in [-0.4, -0.2) is 6.71 Å². The Kier molecular flexibility index (Phi) is 8.56. The molecule has 0 atom stereocenters. The summed E-state index contributed by atoms with van der Waals surface area (Å²) in [4.78, 5) is 0. The molecule has 0 saturated carbocycles. The van der Waals surface area contributed by atoms with Crippen molar-refractivity contribution in [3.8, 4) is 0 Å². The van der Waals surface area contributed by atoms with E-state index in [9.17, 15) is 0 Å². The van der Waals surface area contributed by atoms with Crippen LogP contribution in [0, 0.1) is 0 Å². The SMILES string of the molecule is C[BH-](C)C.[Li+]. The summed E-state index contributed by atoms with van der Waals surface area (Å²) < 4.78 is 0. The van der Waals surface area contributed by atoms with E-state index in [2.05, 4.69) is 20.5 Å². The van der Waals surface area contributed by atoms with Crippen LogP contribution in [0.4, 0.5) is 0 Å². The molecule has 0 aromatic heterocycles. The average molecular weight is 63.9 g/mol. The fourth-order valence-corrected chi connectivity index (χ4v) is 0. The maximum Gasteiger partial charge on any atom is 1.00 e. The van der Waals surface area contributed by atoms with Crippen molar-refractivity contribution < 1.29 is 18.9 Å². The van der Waals surface area contributed by atoms with Crippen LogP contribution in [0.1, 0.15) is 0 Å². The van der Waals surface area contributed by atoms with E-state index in [0.717, 1.165) is 0 Å². The smallest absolute Gasteiger partial charge is 0.193 e. The van der Waals surface area contributed by atoms with E-state index in [4.69, 9.17) is 0 Å². The molecule has 0 heterocycles. The van der Waals surface area contributed by atoms with Gasteiger partial charge in [0.15, 0.2) is 0 Å². The minimum absolute atomic E-state index is 0. The maximum atomic E-state index is 2.25. The van der Waals surface area contributed by atoms with Crippen molar-refractivity contribution in [3.63, 3.8) is 0 Å². The first-order valence-corrected chi connectivity index (χ1v) is 2.12. The fourth-order valence-electron chi connectivity index (χ4n) is 0. The van der Waals surface area contributed by atoms with Crippen LogP contribution in [0.15, 0.2) is 0 Å². The molecule has 0 aromatic rings. The predicted molar refractivity (Wildman–Crippen MR) is 24.7 cm³/mol. The summed E-state index contributed by atoms with van der Waals surface area (Å²) in [6.07, 6.45) is 0. The van der Waals surface area contributed by atoms with Gasteiger partial charge in [-0.05, 0) is 6.71 Å². The molecular formula is C3H10BLi. The van der Waals surface area contributed by atoms with Gasteiger partial charge in [0.2, 0.25) is 0 Å². The zero-order valence-electron chi connectivity index (χ0n) is 4.71. The van der Waals surface area contributed by atoms with Crippen LogP contribution >= 0.6 is 0 Å². The Morgan fingerprint density at radius 2 is 1.00 bits per heavy atom. The fraction of sp³-hybridized carbons (Fsp3) is 1.00. The number of hydrogen-bond acceptors (Lipinski definition) is 0. The van der Waals surface area contributed by atoms with Crippen LogP contribution in [-0.2, 0) is 0 Å². The molecule has 2 heteroatoms. The van der Waals surface area contributed by atoms with Crippen LogP contribution in [0.25, 0.3) is 0 Å². The van der Waals surface area contributed by atoms with E-state index >= 15 is 0 Å². The predicted octanol–water partition coefficient (Wildman–Crippen LogP) is -1.89. The van der Waals surface area contributed by atoms with Crippen molar-refractivity contribution >= 4 is 6.71 Å². The molecule has 0 spiro atoms. The molecule has 0 saturated heterocycles. The van der Waals surface area contributed by atoms with Crippen LogP contribution in [0.5, 0.6) is 0 Å². The Bertz CT molecular complexity index is 11.6. The van der Waals surface area contributed by atoms with Crippen molar-refractivity contribution in [3.05, 3.63) is 0 Å². The molecule has 0 unspecified atom stereocenters. The van der Waals surface area contributed by atoms with Gasteiger partial charge < -0.3 is 0 Å². The van der Waals surface area contributed by atoms with Gasteiger partial charge in [-0.3, -0.25) is 0 Å². The van der Waals surface area contributed by atoms with Crippen molar-refractivity contribution in [1.82, 2.24) is 0 Å². The molecule has 0 bridgehead atoms. The molecule has 0 rings (SSSR count). The first-order valence-electron chi connectivity index (χ1n) is 2.12. The molecule has 0 aliphatic heterocycles. The van der Waals surface area contributed by atoms with Gasteiger partial charge in [-0.15, -0.1) is 0 Å². The van der Waals surface area contributed by atoms with E-state index in [0.29, 0.717) is 0 Å². The molecule has 0 fully saturated rings. The molecule has 0 amide bonds. The minimum Gasteiger partial charge on any atom is -0.193 e. The van der Waals surface area contributed by atoms with Crippen molar-refractivity contribution in [2.45, 2.75) is 20.5 Å². The van der Waals surface area contributed by atoms with Gasteiger partial charge in [-0.25, -0.2) is 0 Å². The summed E-state index contributed by atoms with van der Waals surface area (Å²) in [6.45, 7) is 7.00. The average Bonchev–Trinajstić information content (AvgIpc) is 0.811. The van der Waals surface area contributed by atoms with Crippen LogP contribution in [0.3, 0.4) is 0 Å². The number of hydrogen-bond donors (Lipinski definition) is 0. The zero-order valence-corrected chi connectivity index (χ0v) is 4.71. The van der Waals surface area contributed by atoms with Crippen molar-refractivity contribution in [2.75, 3.05) is 0 Å². The Hall–Kier alpha value is 0.662. The Morgan fingerprint density at radius 1 is 1.00 bits per heavy atom. The molecule has 0 radical (unpaired) electrons. The molecule has 26 valence electrons. The van der Waals surface area contributed by atoms with Crippen LogP contribution in [0.2, 0.25) is 20.5 Å². The number of rotatable bonds is 0. The van der Waals surface area contributed by atoms with Gasteiger partial charge in [0.25, 0.3) is 0 Å². The third kappa shape index (κ3) is 75.3. The van der Waals surface area contributed by atoms with Crippen molar-refractivity contribution in [1.29, 1.82) is 0 Å². The maximum absolute atomic E-state index is 2.25. The summed E-state index contributed by atoms with van der Waals surface area (Å²) in [6, 6.07) is 0. The zero-order chi connectivity index (χ0) is 3.58. The summed E-state index contributed by atoms with van der Waals surface area (Å²) in [5, 5.41) is 0. The third-order valence-corrected chi connectivity index (χ3v) is 0. The molecular weight excluding hydrogens is 53.8 g/mol. The van der Waals surface area contributed by atoms with Crippen LogP contribution < -0.4 is 18.9 Å². The van der Waals surface area contributed by atoms with E-state index in [-0.39, 0.29) is 25.6 Å². The summed E-state index contributed by atoms with van der Waals surface area (Å²) in [7, 11) is 0. The molecule has 5 heavy (non-hydrogen) atoms. The van der Waals surface area contributed by atoms with Gasteiger partial charge in [-0.2, -0.15) is 20.5 Å². The van der Waals surface area contributed by atoms with Gasteiger partial charge in [-0.1, -0.05) is 0 Å². The molecule has 0 aliphatic carbocycles. The summed E-state index contributed by atoms with van der Waals surface area (Å²) in [5.74, 6) is 0. The molecule has 0 nitrogen and oxygen atoms in total. The molecule has 0 aliphatic rings. The first kappa shape index (κ1) is 9.18. The second-order valence-corrected chi connectivity index (χ2v) is 2.12. The Labute approximate surface area is 46.6 Å². The van der Waals surface area contributed by atoms with Crippen molar-refractivity contribution in [2.24, 2.45) is 0 Å². The van der Waals surface area contributed by atoms with Gasteiger partial charge in [0.05, 0.1) is 0 Å². The quantitative estimate of drug-likeness (QED) is 0.289. The Balaban J connectivity index is 0. The largest absolute Gasteiger partial charge is 1.00 e. The monoisotopic (exact) mass is 64.1 g/mol. The molecule has 0 aromatic carbocycles. The minimum atomic E-state index is 0. The third-order valence-electron chi connectivity index (χ3n) is 0. The van der Waals surface area contributed by atoms with Gasteiger partial charge in [0, 0.05) is 0 Å². The topological polar surface area (TPSA) is 0 Å². The van der Waals surface area contributed by atoms with Gasteiger partial charge >= 0.3 is 18.9 Å². The van der Waals surface area contributed by atoms with E-state index in [1.807, 2.05) is 0 Å². The summed E-state index contributed by atoms with van der Waals surface area (Å²) in [5.41, 5.74) is 0. The van der Waals surface area contributed by atoms with E-state index in [1.54, 1.807) is 0 Å².